The first-order chi connectivity index (χ1) is 8.77. The van der Waals surface area contributed by atoms with Crippen molar-refractivity contribution in [1.29, 1.82) is 0 Å². The molecule has 1 rings (SSSR count). The van der Waals surface area contributed by atoms with Crippen LogP contribution in [0.15, 0.2) is 41.8 Å². The average Bonchev–Trinajstić information content (AvgIpc) is 2.42. The van der Waals surface area contributed by atoms with Crippen LogP contribution in [0.25, 0.3) is 0 Å². The second-order valence-corrected chi connectivity index (χ2v) is 7.68. The molecule has 0 amide bonds. The predicted octanol–water partition coefficient (Wildman–Crippen LogP) is 3.76. The van der Waals surface area contributed by atoms with Crippen molar-refractivity contribution in [3.8, 4) is 5.75 Å². The number of hydrogen-bond acceptors (Lipinski definition) is 4. The molecule has 1 atom stereocenters. The first kappa shape index (κ1) is 15.8. The van der Waals surface area contributed by atoms with E-state index in [0.29, 0.717) is 5.75 Å². The summed E-state index contributed by atoms with van der Waals surface area (Å²) in [6, 6.07) is 7.47. The second-order valence-electron chi connectivity index (χ2n) is 3.48. The van der Waals surface area contributed by atoms with Crippen molar-refractivity contribution in [2.24, 2.45) is 0 Å². The van der Waals surface area contributed by atoms with Gasteiger partial charge in [0.05, 0.1) is 7.11 Å². The third-order valence-corrected chi connectivity index (χ3v) is 5.97. The Bertz CT molecular complexity index is 358. The fourth-order valence-electron chi connectivity index (χ4n) is 1.26. The number of hydrogen-bond donors (Lipinski definition) is 0. The summed E-state index contributed by atoms with van der Waals surface area (Å²) in [5.74, 6) is 3.45. The smallest absolute Gasteiger partial charge is 0.156 e. The van der Waals surface area contributed by atoms with Crippen LogP contribution in [-0.4, -0.2) is 28.9 Å². The van der Waals surface area contributed by atoms with Crippen LogP contribution in [0.5, 0.6) is 5.75 Å². The molecule has 0 aromatic heterocycles. The second kappa shape index (κ2) is 9.67. The van der Waals surface area contributed by atoms with Crippen molar-refractivity contribution in [2.45, 2.75) is 11.3 Å². The summed E-state index contributed by atoms with van der Waals surface area (Å²) in [4.78, 5) is 0.845. The molecule has 0 saturated heterocycles. The van der Waals surface area contributed by atoms with Gasteiger partial charge < -0.3 is 9.29 Å². The molecule has 1 aromatic carbocycles. The summed E-state index contributed by atoms with van der Waals surface area (Å²) >= 11 is -0.925. The van der Waals surface area contributed by atoms with E-state index in [1.54, 1.807) is 17.9 Å². The zero-order valence-electron chi connectivity index (χ0n) is 10.5. The van der Waals surface area contributed by atoms with Crippen molar-refractivity contribution >= 4 is 32.8 Å². The highest BCUT2D eigenvalue weighted by Gasteiger charge is 2.11. The molecule has 0 fully saturated rings. The Morgan fingerprint density at radius 2 is 2.28 bits per heavy atom. The molecule has 18 heavy (non-hydrogen) atoms. The standard InChI is InChI=1S/C13H18O2S3/c1-3-8-16-17-9-5-10-18(14)13-7-4-6-12(11-13)15-2/h3-4,6-7,11H,1,5,8-10H2,2H3. The minimum absolute atomic E-state index is 0.703. The fraction of sp³-hybridized carbons (Fsp3) is 0.385. The quantitative estimate of drug-likeness (QED) is 0.301. The van der Waals surface area contributed by atoms with Gasteiger partial charge in [0.15, 0.2) is 4.90 Å². The number of rotatable bonds is 9. The first-order valence-electron chi connectivity index (χ1n) is 5.65. The molecule has 2 nitrogen and oxygen atoms in total. The summed E-state index contributed by atoms with van der Waals surface area (Å²) < 4.78 is 17.1. The molecule has 1 unspecified atom stereocenters. The van der Waals surface area contributed by atoms with Gasteiger partial charge in [-0.1, -0.05) is 33.7 Å². The number of benzene rings is 1. The van der Waals surface area contributed by atoms with Gasteiger partial charge in [-0.15, -0.1) is 6.58 Å². The topological polar surface area (TPSA) is 32.3 Å². The molecule has 0 aliphatic carbocycles. The van der Waals surface area contributed by atoms with Gasteiger partial charge in [0, 0.05) is 24.0 Å². The summed E-state index contributed by atoms with van der Waals surface area (Å²) in [7, 11) is 5.22. The minimum atomic E-state index is -0.925. The summed E-state index contributed by atoms with van der Waals surface area (Å²) in [6.45, 7) is 3.67. The molecular formula is C13H18O2S3. The van der Waals surface area contributed by atoms with Gasteiger partial charge in [0.2, 0.25) is 0 Å². The van der Waals surface area contributed by atoms with Crippen molar-refractivity contribution < 1.29 is 9.29 Å². The summed E-state index contributed by atoms with van der Waals surface area (Å²) in [5.41, 5.74) is 0. The van der Waals surface area contributed by atoms with Crippen molar-refractivity contribution in [2.75, 3.05) is 24.4 Å². The zero-order valence-corrected chi connectivity index (χ0v) is 12.9. The van der Waals surface area contributed by atoms with Crippen molar-refractivity contribution in [3.63, 3.8) is 0 Å². The molecule has 0 saturated carbocycles. The normalized spacial score (nSPS) is 12.1. The molecule has 5 heteroatoms. The Kier molecular flexibility index (Phi) is 8.50. The molecule has 100 valence electrons. The molecular weight excluding hydrogens is 284 g/mol. The van der Waals surface area contributed by atoms with Crippen LogP contribution in [-0.2, 0) is 11.2 Å². The van der Waals surface area contributed by atoms with E-state index < -0.39 is 11.2 Å². The summed E-state index contributed by atoms with van der Waals surface area (Å²) in [6.07, 6.45) is 2.85. The van der Waals surface area contributed by atoms with Gasteiger partial charge >= 0.3 is 0 Å². The van der Waals surface area contributed by atoms with E-state index in [9.17, 15) is 4.55 Å². The van der Waals surface area contributed by atoms with E-state index >= 15 is 0 Å². The van der Waals surface area contributed by atoms with Gasteiger partial charge in [-0.25, -0.2) is 0 Å². The Labute approximate surface area is 120 Å². The highest BCUT2D eigenvalue weighted by molar-refractivity contribution is 8.76. The minimum Gasteiger partial charge on any atom is -0.611 e. The number of ether oxygens (including phenoxy) is 1. The van der Waals surface area contributed by atoms with E-state index in [0.717, 1.165) is 28.6 Å². The maximum Gasteiger partial charge on any atom is 0.156 e. The lowest BCUT2D eigenvalue weighted by molar-refractivity contribution is 0.413. The van der Waals surface area contributed by atoms with Crippen LogP contribution >= 0.6 is 21.6 Å². The van der Waals surface area contributed by atoms with E-state index in [1.807, 2.05) is 41.1 Å². The van der Waals surface area contributed by atoms with Crippen LogP contribution in [0, 0.1) is 0 Å². The van der Waals surface area contributed by atoms with E-state index in [-0.39, 0.29) is 0 Å². The average molecular weight is 302 g/mol. The van der Waals surface area contributed by atoms with Crippen molar-refractivity contribution in [3.05, 3.63) is 36.9 Å². The van der Waals surface area contributed by atoms with Gasteiger partial charge in [0.25, 0.3) is 0 Å². The highest BCUT2D eigenvalue weighted by Crippen LogP contribution is 2.23. The van der Waals surface area contributed by atoms with Crippen LogP contribution in [0.3, 0.4) is 0 Å². The maximum atomic E-state index is 12.0. The molecule has 0 aliphatic heterocycles. The Hall–Kier alpha value is -0.230. The van der Waals surface area contributed by atoms with Crippen LogP contribution in [0.2, 0.25) is 0 Å². The molecule has 1 aromatic rings. The third-order valence-electron chi connectivity index (χ3n) is 2.13. The van der Waals surface area contributed by atoms with E-state index in [4.69, 9.17) is 4.74 Å². The SMILES string of the molecule is C=CCSSCCC[S+]([O-])c1cccc(OC)c1. The summed E-state index contributed by atoms with van der Waals surface area (Å²) in [5, 5.41) is 0. The van der Waals surface area contributed by atoms with E-state index in [2.05, 4.69) is 6.58 Å². The molecule has 0 radical (unpaired) electrons. The molecule has 0 N–H and O–H groups in total. The number of methoxy groups -OCH3 is 1. The van der Waals surface area contributed by atoms with E-state index in [1.165, 1.54) is 0 Å². The lowest BCUT2D eigenvalue weighted by atomic mass is 10.3. The molecule has 0 spiro atoms. The monoisotopic (exact) mass is 302 g/mol. The largest absolute Gasteiger partial charge is 0.611 e. The Morgan fingerprint density at radius 1 is 1.44 bits per heavy atom. The van der Waals surface area contributed by atoms with Crippen LogP contribution in [0.4, 0.5) is 0 Å². The lowest BCUT2D eigenvalue weighted by Gasteiger charge is -2.10. The maximum absolute atomic E-state index is 12.0. The van der Waals surface area contributed by atoms with Crippen LogP contribution in [0.1, 0.15) is 6.42 Å². The van der Waals surface area contributed by atoms with Crippen molar-refractivity contribution in [1.82, 2.24) is 0 Å². The first-order valence-corrected chi connectivity index (χ1v) is 9.46. The van der Waals surface area contributed by atoms with Gasteiger partial charge in [0.1, 0.15) is 11.5 Å². The molecule has 0 aliphatic rings. The molecule has 0 heterocycles. The van der Waals surface area contributed by atoms with Gasteiger partial charge in [-0.3, -0.25) is 0 Å². The van der Waals surface area contributed by atoms with Crippen LogP contribution < -0.4 is 4.74 Å². The Balaban J connectivity index is 2.27. The lowest BCUT2D eigenvalue weighted by Crippen LogP contribution is -2.07. The zero-order chi connectivity index (χ0) is 13.2. The van der Waals surface area contributed by atoms with Gasteiger partial charge in [-0.2, -0.15) is 0 Å². The Morgan fingerprint density at radius 3 is 3.00 bits per heavy atom. The van der Waals surface area contributed by atoms with Gasteiger partial charge in [-0.05, 0) is 23.3 Å². The highest BCUT2D eigenvalue weighted by atomic mass is 33.1. The molecule has 0 bridgehead atoms. The third kappa shape index (κ3) is 6.09. The predicted molar refractivity (Wildman–Crippen MR) is 84.0 cm³/mol. The fourth-order valence-corrected chi connectivity index (χ4v) is 4.42.